The lowest BCUT2D eigenvalue weighted by Crippen LogP contribution is -2.41. The van der Waals surface area contributed by atoms with Crippen molar-refractivity contribution in [2.75, 3.05) is 26.0 Å². The van der Waals surface area contributed by atoms with Crippen molar-refractivity contribution in [2.24, 2.45) is 0 Å². The van der Waals surface area contributed by atoms with Gasteiger partial charge in [-0.2, -0.15) is 0 Å². The molecule has 2 heterocycles. The Morgan fingerprint density at radius 1 is 1.50 bits per heavy atom. The number of carbonyl (C=O) groups excluding carboxylic acids is 1. The zero-order valence-electron chi connectivity index (χ0n) is 10.9. The van der Waals surface area contributed by atoms with Gasteiger partial charge in [0.05, 0.1) is 11.7 Å². The zero-order valence-corrected chi connectivity index (χ0v) is 10.9. The lowest BCUT2D eigenvalue weighted by molar-refractivity contribution is -0.125. The first-order chi connectivity index (χ1) is 8.74. The number of rotatable bonds is 4. The molecule has 0 saturated carbocycles. The van der Waals surface area contributed by atoms with Crippen molar-refractivity contribution in [3.05, 3.63) is 23.9 Å². The maximum absolute atomic E-state index is 11.8. The molecule has 0 radical (unpaired) electrons. The van der Waals surface area contributed by atoms with Gasteiger partial charge in [-0.25, -0.2) is 4.98 Å². The Morgan fingerprint density at radius 2 is 2.33 bits per heavy atom. The average molecular weight is 248 g/mol. The highest BCUT2D eigenvalue weighted by Gasteiger charge is 2.29. The molecule has 1 saturated heterocycles. The van der Waals surface area contributed by atoms with Crippen LogP contribution in [0.4, 0.5) is 5.82 Å². The fourth-order valence-corrected chi connectivity index (χ4v) is 2.39. The summed E-state index contributed by atoms with van der Waals surface area (Å²) in [5.74, 6) is 0.973. The summed E-state index contributed by atoms with van der Waals surface area (Å²) < 4.78 is 0. The van der Waals surface area contributed by atoms with Crippen LogP contribution in [0.25, 0.3) is 0 Å². The van der Waals surface area contributed by atoms with Crippen LogP contribution < -0.4 is 10.6 Å². The van der Waals surface area contributed by atoms with Gasteiger partial charge < -0.3 is 10.6 Å². The summed E-state index contributed by atoms with van der Waals surface area (Å²) in [4.78, 5) is 18.4. The van der Waals surface area contributed by atoms with Crippen LogP contribution in [0.5, 0.6) is 0 Å². The highest BCUT2D eigenvalue weighted by molar-refractivity contribution is 5.81. The van der Waals surface area contributed by atoms with Crippen molar-refractivity contribution >= 4 is 11.7 Å². The fraction of sp³-hybridized carbons (Fsp3) is 0.538. The number of anilines is 1. The van der Waals surface area contributed by atoms with E-state index in [1.54, 1.807) is 7.05 Å². The number of likely N-dealkylation sites (N-methyl/N-ethyl adjacent to an activating group) is 1. The molecule has 1 atom stereocenters. The van der Waals surface area contributed by atoms with Crippen LogP contribution in [-0.4, -0.2) is 42.5 Å². The molecule has 2 N–H and O–H groups in total. The molecule has 1 aromatic heterocycles. The molecule has 1 amide bonds. The van der Waals surface area contributed by atoms with Gasteiger partial charge in [-0.3, -0.25) is 9.69 Å². The Hall–Kier alpha value is -1.62. The molecule has 0 aliphatic carbocycles. The molecule has 1 fully saturated rings. The summed E-state index contributed by atoms with van der Waals surface area (Å²) in [7, 11) is 3.55. The summed E-state index contributed by atoms with van der Waals surface area (Å²) in [6, 6.07) is 5.91. The van der Waals surface area contributed by atoms with Crippen molar-refractivity contribution in [3.63, 3.8) is 0 Å². The normalized spacial score (nSPS) is 19.8. The molecule has 2 rings (SSSR count). The summed E-state index contributed by atoms with van der Waals surface area (Å²) in [5, 5.41) is 5.76. The number of hydrogen-bond donors (Lipinski definition) is 2. The highest BCUT2D eigenvalue weighted by atomic mass is 16.2. The van der Waals surface area contributed by atoms with E-state index in [2.05, 4.69) is 20.5 Å². The van der Waals surface area contributed by atoms with Gasteiger partial charge in [0.1, 0.15) is 5.82 Å². The van der Waals surface area contributed by atoms with Crippen LogP contribution in [0.3, 0.4) is 0 Å². The molecule has 0 aromatic carbocycles. The van der Waals surface area contributed by atoms with Crippen LogP contribution >= 0.6 is 0 Å². The lowest BCUT2D eigenvalue weighted by Gasteiger charge is -2.22. The zero-order chi connectivity index (χ0) is 13.0. The number of nitrogens with zero attached hydrogens (tertiary/aromatic N) is 2. The van der Waals surface area contributed by atoms with Crippen molar-refractivity contribution in [2.45, 2.75) is 25.4 Å². The van der Waals surface area contributed by atoms with Gasteiger partial charge in [0.15, 0.2) is 0 Å². The van der Waals surface area contributed by atoms with Crippen LogP contribution in [0.1, 0.15) is 18.5 Å². The third kappa shape index (κ3) is 2.79. The van der Waals surface area contributed by atoms with Crippen molar-refractivity contribution in [1.29, 1.82) is 0 Å². The molecule has 1 aliphatic heterocycles. The maximum atomic E-state index is 11.8. The molecule has 18 heavy (non-hydrogen) atoms. The first kappa shape index (κ1) is 12.8. The van der Waals surface area contributed by atoms with E-state index in [1.165, 1.54) is 0 Å². The molecule has 5 nitrogen and oxygen atoms in total. The summed E-state index contributed by atoms with van der Waals surface area (Å²) >= 11 is 0. The van der Waals surface area contributed by atoms with E-state index < -0.39 is 0 Å². The number of likely N-dealkylation sites (tertiary alicyclic amines) is 1. The van der Waals surface area contributed by atoms with Gasteiger partial charge in [-0.05, 0) is 31.5 Å². The Labute approximate surface area is 108 Å². The largest absolute Gasteiger partial charge is 0.373 e. The van der Waals surface area contributed by atoms with E-state index in [9.17, 15) is 4.79 Å². The topological polar surface area (TPSA) is 57.3 Å². The van der Waals surface area contributed by atoms with Gasteiger partial charge >= 0.3 is 0 Å². The predicted octanol–water partition coefficient (Wildman–Crippen LogP) is 0.834. The van der Waals surface area contributed by atoms with E-state index in [1.807, 2.05) is 25.2 Å². The number of aromatic nitrogens is 1. The molecule has 98 valence electrons. The summed E-state index contributed by atoms with van der Waals surface area (Å²) in [6.45, 7) is 1.69. The number of nitrogens with one attached hydrogen (secondary N) is 2. The minimum atomic E-state index is -0.00459. The number of pyridine rings is 1. The first-order valence-electron chi connectivity index (χ1n) is 6.34. The van der Waals surface area contributed by atoms with E-state index in [0.717, 1.165) is 37.4 Å². The van der Waals surface area contributed by atoms with Crippen LogP contribution in [0.15, 0.2) is 18.2 Å². The molecule has 0 bridgehead atoms. The minimum absolute atomic E-state index is 0.00459. The molecular formula is C13H20N4O. The molecule has 1 aromatic rings. The third-order valence-electron chi connectivity index (χ3n) is 3.34. The van der Waals surface area contributed by atoms with E-state index in [4.69, 9.17) is 0 Å². The third-order valence-corrected chi connectivity index (χ3v) is 3.34. The molecule has 1 aliphatic rings. The molecule has 5 heteroatoms. The maximum Gasteiger partial charge on any atom is 0.237 e. The van der Waals surface area contributed by atoms with Crippen LogP contribution in [-0.2, 0) is 11.3 Å². The Balaban J connectivity index is 2.05. The lowest BCUT2D eigenvalue weighted by atomic mass is 10.2. The predicted molar refractivity (Wildman–Crippen MR) is 71.3 cm³/mol. The highest BCUT2D eigenvalue weighted by Crippen LogP contribution is 2.20. The smallest absolute Gasteiger partial charge is 0.237 e. The van der Waals surface area contributed by atoms with E-state index >= 15 is 0 Å². The van der Waals surface area contributed by atoms with E-state index in [0.29, 0.717) is 0 Å². The van der Waals surface area contributed by atoms with Gasteiger partial charge in [-0.1, -0.05) is 6.07 Å². The second-order valence-electron chi connectivity index (χ2n) is 4.51. The van der Waals surface area contributed by atoms with Gasteiger partial charge in [0.2, 0.25) is 5.91 Å². The first-order valence-corrected chi connectivity index (χ1v) is 6.34. The number of hydrogen-bond acceptors (Lipinski definition) is 4. The van der Waals surface area contributed by atoms with Gasteiger partial charge in [0.25, 0.3) is 0 Å². The SMILES string of the molecule is CNC(=O)C1CCCN1Cc1cccc(NC)n1. The van der Waals surface area contributed by atoms with Crippen molar-refractivity contribution in [3.8, 4) is 0 Å². The molecular weight excluding hydrogens is 228 g/mol. The Bertz CT molecular complexity index is 421. The van der Waals surface area contributed by atoms with Gasteiger partial charge in [0, 0.05) is 20.6 Å². The second kappa shape index (κ2) is 5.82. The van der Waals surface area contributed by atoms with Crippen molar-refractivity contribution in [1.82, 2.24) is 15.2 Å². The summed E-state index contributed by atoms with van der Waals surface area (Å²) in [5.41, 5.74) is 0.998. The fourth-order valence-electron chi connectivity index (χ4n) is 2.39. The van der Waals surface area contributed by atoms with Crippen LogP contribution in [0.2, 0.25) is 0 Å². The Kier molecular flexibility index (Phi) is 4.15. The van der Waals surface area contributed by atoms with Gasteiger partial charge in [-0.15, -0.1) is 0 Å². The van der Waals surface area contributed by atoms with Crippen LogP contribution in [0, 0.1) is 0 Å². The number of carbonyl (C=O) groups is 1. The second-order valence-corrected chi connectivity index (χ2v) is 4.51. The number of amides is 1. The monoisotopic (exact) mass is 248 g/mol. The summed E-state index contributed by atoms with van der Waals surface area (Å²) in [6.07, 6.45) is 2.01. The van der Waals surface area contributed by atoms with E-state index in [-0.39, 0.29) is 11.9 Å². The minimum Gasteiger partial charge on any atom is -0.373 e. The average Bonchev–Trinajstić information content (AvgIpc) is 2.86. The quantitative estimate of drug-likeness (QED) is 0.829. The standard InChI is InChI=1S/C13H20N4O/c1-14-12-7-3-5-10(16-12)9-17-8-4-6-11(17)13(18)15-2/h3,5,7,11H,4,6,8-9H2,1-2H3,(H,14,16)(H,15,18). The molecule has 0 spiro atoms. The van der Waals surface area contributed by atoms with Crippen molar-refractivity contribution < 1.29 is 4.79 Å². The Morgan fingerprint density at radius 3 is 3.06 bits per heavy atom. The molecule has 1 unspecified atom stereocenters.